The largest absolute Gasteiger partial charge is 0.451 e. The summed E-state index contributed by atoms with van der Waals surface area (Å²) < 4.78 is 45.5. The van der Waals surface area contributed by atoms with Crippen molar-refractivity contribution in [3.05, 3.63) is 36.1 Å². The summed E-state index contributed by atoms with van der Waals surface area (Å²) in [5.74, 6) is -1.31. The highest BCUT2D eigenvalue weighted by Gasteiger charge is 2.48. The SMILES string of the molecule is CC(=O)NC1CCC(C(F)(F)F)N(C(=O)c2cc3ccccc3o2)C1. The number of fused-ring (bicyclic) bond motifs is 1. The molecule has 0 saturated carbocycles. The van der Waals surface area contributed by atoms with E-state index in [4.69, 9.17) is 4.42 Å². The van der Waals surface area contributed by atoms with E-state index in [0.29, 0.717) is 11.0 Å². The maximum atomic E-state index is 13.3. The van der Waals surface area contributed by atoms with Crippen LogP contribution in [0.1, 0.15) is 30.3 Å². The van der Waals surface area contributed by atoms with Crippen molar-refractivity contribution in [3.63, 3.8) is 0 Å². The average Bonchev–Trinajstić information content (AvgIpc) is 2.96. The van der Waals surface area contributed by atoms with E-state index in [1.165, 1.54) is 13.0 Å². The number of likely N-dealkylation sites (tertiary alicyclic amines) is 1. The van der Waals surface area contributed by atoms with Crippen LogP contribution in [0.2, 0.25) is 0 Å². The summed E-state index contributed by atoms with van der Waals surface area (Å²) in [5.41, 5.74) is 0.435. The average molecular weight is 354 g/mol. The predicted octanol–water partition coefficient (Wildman–Crippen LogP) is 3.10. The highest BCUT2D eigenvalue weighted by atomic mass is 19.4. The smallest absolute Gasteiger partial charge is 0.408 e. The molecule has 5 nitrogen and oxygen atoms in total. The molecule has 1 saturated heterocycles. The van der Waals surface area contributed by atoms with Crippen LogP contribution in [0.4, 0.5) is 13.2 Å². The molecule has 2 atom stereocenters. The minimum atomic E-state index is -4.54. The summed E-state index contributed by atoms with van der Waals surface area (Å²) in [6, 6.07) is 5.86. The van der Waals surface area contributed by atoms with Crippen molar-refractivity contribution in [1.82, 2.24) is 10.2 Å². The number of piperidine rings is 1. The van der Waals surface area contributed by atoms with E-state index < -0.39 is 24.2 Å². The molecule has 1 aliphatic heterocycles. The summed E-state index contributed by atoms with van der Waals surface area (Å²) in [7, 11) is 0. The Morgan fingerprint density at radius 2 is 1.96 bits per heavy atom. The standard InChI is InChI=1S/C17H17F3N2O3/c1-10(23)21-12-6-7-15(17(18,19)20)22(9-12)16(24)14-8-11-4-2-3-5-13(11)25-14/h2-5,8,12,15H,6-7,9H2,1H3,(H,21,23). The van der Waals surface area contributed by atoms with Crippen molar-refractivity contribution in [1.29, 1.82) is 0 Å². The highest BCUT2D eigenvalue weighted by molar-refractivity contribution is 5.96. The topological polar surface area (TPSA) is 62.6 Å². The molecule has 8 heteroatoms. The number of carbonyl (C=O) groups is 2. The van der Waals surface area contributed by atoms with Gasteiger partial charge >= 0.3 is 6.18 Å². The van der Waals surface area contributed by atoms with E-state index in [-0.39, 0.29) is 31.1 Å². The molecule has 0 spiro atoms. The molecule has 1 aliphatic rings. The predicted molar refractivity (Wildman–Crippen MR) is 83.9 cm³/mol. The lowest BCUT2D eigenvalue weighted by Crippen LogP contribution is -2.58. The second-order valence-electron chi connectivity index (χ2n) is 6.14. The zero-order valence-electron chi connectivity index (χ0n) is 13.5. The molecule has 2 unspecified atom stereocenters. The molecule has 134 valence electrons. The normalized spacial score (nSPS) is 21.4. The molecule has 1 N–H and O–H groups in total. The van der Waals surface area contributed by atoms with Gasteiger partial charge in [-0.25, -0.2) is 0 Å². The second-order valence-corrected chi connectivity index (χ2v) is 6.14. The van der Waals surface area contributed by atoms with Crippen LogP contribution in [0, 0.1) is 0 Å². The molecule has 0 radical (unpaired) electrons. The van der Waals surface area contributed by atoms with Gasteiger partial charge in [-0.15, -0.1) is 0 Å². The lowest BCUT2D eigenvalue weighted by molar-refractivity contribution is -0.184. The number of hydrogen-bond acceptors (Lipinski definition) is 3. The minimum Gasteiger partial charge on any atom is -0.451 e. The number of nitrogens with zero attached hydrogens (tertiary/aromatic N) is 1. The van der Waals surface area contributed by atoms with Crippen molar-refractivity contribution in [2.45, 2.75) is 38.0 Å². The number of para-hydroxylation sites is 1. The van der Waals surface area contributed by atoms with Gasteiger partial charge in [0.25, 0.3) is 5.91 Å². The molecule has 0 bridgehead atoms. The number of halogens is 3. The van der Waals surface area contributed by atoms with Gasteiger partial charge in [-0.05, 0) is 25.0 Å². The summed E-state index contributed by atoms with van der Waals surface area (Å²) >= 11 is 0. The van der Waals surface area contributed by atoms with Crippen LogP contribution >= 0.6 is 0 Å². The van der Waals surface area contributed by atoms with E-state index in [9.17, 15) is 22.8 Å². The Hall–Kier alpha value is -2.51. The van der Waals surface area contributed by atoms with E-state index in [2.05, 4.69) is 5.32 Å². The molecule has 1 aromatic carbocycles. The first kappa shape index (κ1) is 17.3. The summed E-state index contributed by atoms with van der Waals surface area (Å²) in [4.78, 5) is 24.6. The molecule has 0 aliphatic carbocycles. The molecular formula is C17H17F3N2O3. The summed E-state index contributed by atoms with van der Waals surface area (Å²) in [5, 5.41) is 3.23. The number of nitrogens with one attached hydrogen (secondary N) is 1. The molecule has 25 heavy (non-hydrogen) atoms. The van der Waals surface area contributed by atoms with Gasteiger partial charge in [0.2, 0.25) is 5.91 Å². The Morgan fingerprint density at radius 3 is 2.60 bits per heavy atom. The van der Waals surface area contributed by atoms with Gasteiger partial charge in [0.1, 0.15) is 11.6 Å². The van der Waals surface area contributed by atoms with Gasteiger partial charge in [0.15, 0.2) is 5.76 Å². The van der Waals surface area contributed by atoms with Gasteiger partial charge < -0.3 is 14.6 Å². The van der Waals surface area contributed by atoms with Crippen molar-refractivity contribution in [2.24, 2.45) is 0 Å². The number of alkyl halides is 3. The van der Waals surface area contributed by atoms with Gasteiger partial charge in [0.05, 0.1) is 0 Å². The first-order valence-corrected chi connectivity index (χ1v) is 7.89. The number of carbonyl (C=O) groups excluding carboxylic acids is 2. The third-order valence-corrected chi connectivity index (χ3v) is 4.26. The fourth-order valence-electron chi connectivity index (χ4n) is 3.17. The van der Waals surface area contributed by atoms with Gasteiger partial charge in [0, 0.05) is 24.9 Å². The van der Waals surface area contributed by atoms with Crippen LogP contribution in [0.5, 0.6) is 0 Å². The lowest BCUT2D eigenvalue weighted by atomic mass is 9.97. The lowest BCUT2D eigenvalue weighted by Gasteiger charge is -2.40. The van der Waals surface area contributed by atoms with Crippen molar-refractivity contribution in [2.75, 3.05) is 6.54 Å². The van der Waals surface area contributed by atoms with E-state index in [0.717, 1.165) is 4.90 Å². The molecule has 1 aromatic heterocycles. The number of benzene rings is 1. The zero-order valence-corrected chi connectivity index (χ0v) is 13.5. The third kappa shape index (κ3) is 3.62. The fraction of sp³-hybridized carbons (Fsp3) is 0.412. The first-order valence-electron chi connectivity index (χ1n) is 7.89. The molecule has 1 fully saturated rings. The molecular weight excluding hydrogens is 337 g/mol. The van der Waals surface area contributed by atoms with Crippen molar-refractivity contribution < 1.29 is 27.2 Å². The Morgan fingerprint density at radius 1 is 1.24 bits per heavy atom. The number of furan rings is 1. The van der Waals surface area contributed by atoms with Crippen molar-refractivity contribution in [3.8, 4) is 0 Å². The highest BCUT2D eigenvalue weighted by Crippen LogP contribution is 2.33. The Labute approximate surface area is 141 Å². The minimum absolute atomic E-state index is 0.140. The maximum absolute atomic E-state index is 13.3. The summed E-state index contributed by atoms with van der Waals surface area (Å²) in [6.07, 6.45) is -4.64. The fourth-order valence-corrected chi connectivity index (χ4v) is 3.17. The summed E-state index contributed by atoms with van der Waals surface area (Å²) in [6.45, 7) is 1.08. The second kappa shape index (κ2) is 6.42. The van der Waals surface area contributed by atoms with E-state index >= 15 is 0 Å². The van der Waals surface area contributed by atoms with Gasteiger partial charge in [-0.3, -0.25) is 9.59 Å². The number of amides is 2. The molecule has 2 amide bonds. The zero-order chi connectivity index (χ0) is 18.2. The van der Waals surface area contributed by atoms with Crippen LogP contribution in [-0.4, -0.2) is 41.5 Å². The van der Waals surface area contributed by atoms with Crippen molar-refractivity contribution >= 4 is 22.8 Å². The Kier molecular flexibility index (Phi) is 4.45. The molecule has 3 rings (SSSR count). The van der Waals surface area contributed by atoms with Crippen LogP contribution in [0.25, 0.3) is 11.0 Å². The van der Waals surface area contributed by atoms with E-state index in [1.807, 2.05) is 0 Å². The third-order valence-electron chi connectivity index (χ3n) is 4.26. The Balaban J connectivity index is 1.90. The van der Waals surface area contributed by atoms with Gasteiger partial charge in [-0.2, -0.15) is 13.2 Å². The maximum Gasteiger partial charge on any atom is 0.408 e. The first-order chi connectivity index (χ1) is 11.8. The van der Waals surface area contributed by atoms with Crippen LogP contribution in [-0.2, 0) is 4.79 Å². The quantitative estimate of drug-likeness (QED) is 0.901. The molecule has 2 aromatic rings. The van der Waals surface area contributed by atoms with Gasteiger partial charge in [-0.1, -0.05) is 18.2 Å². The van der Waals surface area contributed by atoms with E-state index in [1.54, 1.807) is 24.3 Å². The van der Waals surface area contributed by atoms with Crippen LogP contribution < -0.4 is 5.32 Å². The van der Waals surface area contributed by atoms with Crippen LogP contribution in [0.15, 0.2) is 34.7 Å². The number of rotatable bonds is 2. The molecule has 2 heterocycles. The Bertz CT molecular complexity index is 767. The van der Waals surface area contributed by atoms with Crippen LogP contribution in [0.3, 0.4) is 0 Å². The number of hydrogen-bond donors (Lipinski definition) is 1. The monoisotopic (exact) mass is 354 g/mol.